The summed E-state index contributed by atoms with van der Waals surface area (Å²) in [6, 6.07) is 0.363. The van der Waals surface area contributed by atoms with Crippen LogP contribution in [0.5, 0.6) is 0 Å². The molecule has 2 aliphatic carbocycles. The van der Waals surface area contributed by atoms with Crippen LogP contribution in [0.15, 0.2) is 0 Å². The molecule has 19 heavy (non-hydrogen) atoms. The zero-order valence-corrected chi connectivity index (χ0v) is 12.3. The molecule has 0 aromatic carbocycles. The number of hydrogen-bond donors (Lipinski definition) is 1. The number of rotatable bonds is 4. The number of aliphatic hydroxyl groups is 1. The van der Waals surface area contributed by atoms with E-state index in [0.29, 0.717) is 11.9 Å². The lowest BCUT2D eigenvalue weighted by atomic mass is 9.86. The van der Waals surface area contributed by atoms with Gasteiger partial charge in [0.15, 0.2) is 0 Å². The van der Waals surface area contributed by atoms with Crippen LogP contribution in [0.1, 0.15) is 70.6 Å². The highest BCUT2D eigenvalue weighted by Crippen LogP contribution is 2.28. The summed E-state index contributed by atoms with van der Waals surface area (Å²) < 4.78 is 0. The Hall–Kier alpha value is -0.570. The van der Waals surface area contributed by atoms with Gasteiger partial charge in [-0.05, 0) is 38.0 Å². The summed E-state index contributed by atoms with van der Waals surface area (Å²) in [5.74, 6) is 1.10. The van der Waals surface area contributed by atoms with Crippen molar-refractivity contribution in [2.45, 2.75) is 82.8 Å². The van der Waals surface area contributed by atoms with Crippen molar-refractivity contribution in [3.8, 4) is 0 Å². The smallest absolute Gasteiger partial charge is 0.222 e. The van der Waals surface area contributed by atoms with E-state index in [1.165, 1.54) is 32.1 Å². The predicted molar refractivity (Wildman–Crippen MR) is 76.8 cm³/mol. The predicted octanol–water partition coefficient (Wildman–Crippen LogP) is 3.11. The number of amides is 1. The zero-order chi connectivity index (χ0) is 13.7. The minimum absolute atomic E-state index is 0.137. The molecule has 2 aliphatic rings. The Balaban J connectivity index is 1.69. The van der Waals surface area contributed by atoms with E-state index in [4.69, 9.17) is 0 Å². The van der Waals surface area contributed by atoms with Gasteiger partial charge in [0.25, 0.3) is 0 Å². The number of aliphatic hydroxyl groups excluding tert-OH is 1. The lowest BCUT2D eigenvalue weighted by Crippen LogP contribution is -2.40. The molecule has 0 aromatic heterocycles. The van der Waals surface area contributed by atoms with Crippen molar-refractivity contribution in [1.29, 1.82) is 0 Å². The third-order valence-corrected chi connectivity index (χ3v) is 5.10. The topological polar surface area (TPSA) is 40.5 Å². The third kappa shape index (κ3) is 4.48. The van der Waals surface area contributed by atoms with Crippen molar-refractivity contribution in [2.24, 2.45) is 5.92 Å². The Morgan fingerprint density at radius 2 is 1.68 bits per heavy atom. The Morgan fingerprint density at radius 1 is 1.05 bits per heavy atom. The fraction of sp³-hybridized carbons (Fsp3) is 0.938. The van der Waals surface area contributed by atoms with Gasteiger partial charge in [-0.2, -0.15) is 0 Å². The van der Waals surface area contributed by atoms with Gasteiger partial charge >= 0.3 is 0 Å². The summed E-state index contributed by atoms with van der Waals surface area (Å²) >= 11 is 0. The molecular formula is C16H29NO2. The van der Waals surface area contributed by atoms with E-state index in [1.54, 1.807) is 0 Å². The Bertz CT molecular complexity index is 278. The van der Waals surface area contributed by atoms with Gasteiger partial charge in [-0.25, -0.2) is 0 Å². The van der Waals surface area contributed by atoms with E-state index in [0.717, 1.165) is 44.4 Å². The molecule has 1 amide bonds. The monoisotopic (exact) mass is 267 g/mol. The van der Waals surface area contributed by atoms with Crippen LogP contribution >= 0.6 is 0 Å². The molecule has 3 heteroatoms. The Morgan fingerprint density at radius 3 is 2.32 bits per heavy atom. The molecule has 0 saturated heterocycles. The normalized spacial score (nSPS) is 29.2. The molecule has 3 nitrogen and oxygen atoms in total. The Labute approximate surface area is 117 Å². The number of carbonyl (C=O) groups excluding carboxylic acids is 1. The minimum Gasteiger partial charge on any atom is -0.393 e. The second kappa shape index (κ2) is 7.28. The summed E-state index contributed by atoms with van der Waals surface area (Å²) in [4.78, 5) is 14.2. The van der Waals surface area contributed by atoms with Crippen molar-refractivity contribution < 1.29 is 9.90 Å². The average Bonchev–Trinajstić information content (AvgIpc) is 2.46. The van der Waals surface area contributed by atoms with E-state index in [-0.39, 0.29) is 6.10 Å². The van der Waals surface area contributed by atoms with E-state index in [2.05, 4.69) is 0 Å². The largest absolute Gasteiger partial charge is 0.393 e. The Kier molecular flexibility index (Phi) is 5.68. The molecule has 2 saturated carbocycles. The van der Waals surface area contributed by atoms with Crippen LogP contribution < -0.4 is 0 Å². The maximum atomic E-state index is 12.2. The van der Waals surface area contributed by atoms with Crippen molar-refractivity contribution in [2.75, 3.05) is 7.05 Å². The maximum Gasteiger partial charge on any atom is 0.222 e. The average molecular weight is 267 g/mol. The number of carbonyl (C=O) groups is 1. The highest BCUT2D eigenvalue weighted by molar-refractivity contribution is 5.76. The van der Waals surface area contributed by atoms with Gasteiger partial charge in [0.1, 0.15) is 0 Å². The van der Waals surface area contributed by atoms with Crippen LogP contribution in [0.25, 0.3) is 0 Å². The van der Waals surface area contributed by atoms with Crippen LogP contribution in [-0.4, -0.2) is 35.1 Å². The van der Waals surface area contributed by atoms with Gasteiger partial charge in [0.2, 0.25) is 5.91 Å². The number of nitrogens with zero attached hydrogens (tertiary/aromatic N) is 1. The van der Waals surface area contributed by atoms with Crippen molar-refractivity contribution in [3.05, 3.63) is 0 Å². The standard InChI is InChI=1S/C16H29NO2/c1-17(14-8-10-15(18)11-9-14)16(19)12-7-13-5-3-2-4-6-13/h13-15,18H,2-12H2,1H3. The summed E-state index contributed by atoms with van der Waals surface area (Å²) in [5.41, 5.74) is 0. The van der Waals surface area contributed by atoms with Gasteiger partial charge in [-0.15, -0.1) is 0 Å². The van der Waals surface area contributed by atoms with Crippen LogP contribution in [0.4, 0.5) is 0 Å². The molecule has 2 rings (SSSR count). The molecule has 0 radical (unpaired) electrons. The fourth-order valence-electron chi connectivity index (χ4n) is 3.63. The molecule has 2 fully saturated rings. The quantitative estimate of drug-likeness (QED) is 0.850. The zero-order valence-electron chi connectivity index (χ0n) is 12.3. The fourth-order valence-corrected chi connectivity index (χ4v) is 3.63. The second-order valence-corrected chi connectivity index (χ2v) is 6.51. The van der Waals surface area contributed by atoms with Crippen molar-refractivity contribution in [3.63, 3.8) is 0 Å². The molecule has 0 aliphatic heterocycles. The van der Waals surface area contributed by atoms with Gasteiger partial charge < -0.3 is 10.0 Å². The van der Waals surface area contributed by atoms with Gasteiger partial charge in [0, 0.05) is 19.5 Å². The summed E-state index contributed by atoms with van der Waals surface area (Å²) in [6.07, 6.45) is 12.1. The second-order valence-electron chi connectivity index (χ2n) is 6.51. The summed E-state index contributed by atoms with van der Waals surface area (Å²) in [5, 5.41) is 9.52. The first kappa shape index (κ1) is 14.8. The van der Waals surface area contributed by atoms with E-state index in [9.17, 15) is 9.90 Å². The molecule has 110 valence electrons. The van der Waals surface area contributed by atoms with Crippen molar-refractivity contribution >= 4 is 5.91 Å². The molecule has 0 atom stereocenters. The van der Waals surface area contributed by atoms with Gasteiger partial charge in [-0.1, -0.05) is 32.1 Å². The van der Waals surface area contributed by atoms with Gasteiger partial charge in [0.05, 0.1) is 6.10 Å². The van der Waals surface area contributed by atoms with Gasteiger partial charge in [-0.3, -0.25) is 4.79 Å². The van der Waals surface area contributed by atoms with E-state index in [1.807, 2.05) is 11.9 Å². The first-order valence-corrected chi connectivity index (χ1v) is 8.10. The summed E-state index contributed by atoms with van der Waals surface area (Å²) in [6.45, 7) is 0. The molecule has 0 bridgehead atoms. The lowest BCUT2D eigenvalue weighted by Gasteiger charge is -2.33. The highest BCUT2D eigenvalue weighted by Gasteiger charge is 2.25. The van der Waals surface area contributed by atoms with E-state index >= 15 is 0 Å². The van der Waals surface area contributed by atoms with Crippen LogP contribution in [-0.2, 0) is 4.79 Å². The molecule has 1 N–H and O–H groups in total. The molecule has 0 aromatic rings. The SMILES string of the molecule is CN(C(=O)CCC1CCCCC1)C1CCC(O)CC1. The van der Waals surface area contributed by atoms with Crippen LogP contribution in [0.3, 0.4) is 0 Å². The molecule has 0 unspecified atom stereocenters. The van der Waals surface area contributed by atoms with Crippen LogP contribution in [0, 0.1) is 5.92 Å². The third-order valence-electron chi connectivity index (χ3n) is 5.10. The first-order chi connectivity index (χ1) is 9.16. The first-order valence-electron chi connectivity index (χ1n) is 8.10. The number of hydrogen-bond acceptors (Lipinski definition) is 2. The van der Waals surface area contributed by atoms with E-state index < -0.39 is 0 Å². The molecule has 0 heterocycles. The molecular weight excluding hydrogens is 238 g/mol. The highest BCUT2D eigenvalue weighted by atomic mass is 16.3. The summed E-state index contributed by atoms with van der Waals surface area (Å²) in [7, 11) is 1.95. The minimum atomic E-state index is -0.137. The maximum absolute atomic E-state index is 12.2. The molecule has 0 spiro atoms. The van der Waals surface area contributed by atoms with Crippen molar-refractivity contribution in [1.82, 2.24) is 4.90 Å². The van der Waals surface area contributed by atoms with Crippen LogP contribution in [0.2, 0.25) is 0 Å². The lowest BCUT2D eigenvalue weighted by molar-refractivity contribution is -0.133.